The molecule has 0 radical (unpaired) electrons. The highest BCUT2D eigenvalue weighted by Gasteiger charge is 2.50. The van der Waals surface area contributed by atoms with E-state index in [1.54, 1.807) is 0 Å². The summed E-state index contributed by atoms with van der Waals surface area (Å²) in [6.07, 6.45) is 4.18. The van der Waals surface area contributed by atoms with Crippen molar-refractivity contribution < 1.29 is 19.4 Å². The van der Waals surface area contributed by atoms with Crippen LogP contribution in [-0.2, 0) is 14.3 Å². The highest BCUT2D eigenvalue weighted by atomic mass is 16.5. The monoisotopic (exact) mass is 225 g/mol. The third-order valence-corrected chi connectivity index (χ3v) is 3.47. The van der Waals surface area contributed by atoms with Gasteiger partial charge >= 0.3 is 5.97 Å². The van der Waals surface area contributed by atoms with E-state index < -0.39 is 11.5 Å². The Kier molecular flexibility index (Phi) is 2.61. The number of carbonyl (C=O) groups excluding carboxylic acids is 1. The van der Waals surface area contributed by atoms with E-state index in [1.165, 1.54) is 18.1 Å². The zero-order valence-corrected chi connectivity index (χ0v) is 9.23. The SMILES string of the molecule is COC1=CC(=O)N(C2(C(=O)O)CCCC2)C1. The Balaban J connectivity index is 2.24. The third-order valence-electron chi connectivity index (χ3n) is 3.47. The smallest absolute Gasteiger partial charge is 0.329 e. The van der Waals surface area contributed by atoms with Crippen LogP contribution in [0, 0.1) is 0 Å². The fourth-order valence-electron chi connectivity index (χ4n) is 2.54. The third kappa shape index (κ3) is 1.47. The molecule has 0 aromatic rings. The van der Waals surface area contributed by atoms with Crippen molar-refractivity contribution in [2.75, 3.05) is 13.7 Å². The molecule has 1 aliphatic heterocycles. The first-order valence-electron chi connectivity index (χ1n) is 5.40. The van der Waals surface area contributed by atoms with Gasteiger partial charge < -0.3 is 14.7 Å². The van der Waals surface area contributed by atoms with Crippen molar-refractivity contribution in [2.24, 2.45) is 0 Å². The quantitative estimate of drug-likeness (QED) is 0.769. The summed E-state index contributed by atoms with van der Waals surface area (Å²) < 4.78 is 5.00. The van der Waals surface area contributed by atoms with E-state index in [9.17, 15) is 14.7 Å². The molecule has 0 spiro atoms. The van der Waals surface area contributed by atoms with Crippen molar-refractivity contribution in [3.05, 3.63) is 11.8 Å². The van der Waals surface area contributed by atoms with Gasteiger partial charge in [-0.15, -0.1) is 0 Å². The number of ether oxygens (including phenoxy) is 1. The van der Waals surface area contributed by atoms with Crippen LogP contribution in [0.2, 0.25) is 0 Å². The van der Waals surface area contributed by atoms with Gasteiger partial charge in [-0.2, -0.15) is 0 Å². The molecule has 88 valence electrons. The molecule has 1 saturated carbocycles. The summed E-state index contributed by atoms with van der Waals surface area (Å²) in [4.78, 5) is 24.6. The average molecular weight is 225 g/mol. The van der Waals surface area contributed by atoms with Crippen molar-refractivity contribution in [1.82, 2.24) is 4.90 Å². The molecule has 0 atom stereocenters. The number of carbonyl (C=O) groups is 2. The first-order chi connectivity index (χ1) is 7.60. The first-order valence-corrected chi connectivity index (χ1v) is 5.40. The lowest BCUT2D eigenvalue weighted by molar-refractivity contribution is -0.156. The average Bonchev–Trinajstić information content (AvgIpc) is 2.84. The predicted molar refractivity (Wildman–Crippen MR) is 55.6 cm³/mol. The molecule has 2 rings (SSSR count). The highest BCUT2D eigenvalue weighted by Crippen LogP contribution is 2.37. The van der Waals surface area contributed by atoms with Crippen LogP contribution in [-0.4, -0.2) is 41.1 Å². The molecular formula is C11H15NO4. The highest BCUT2D eigenvalue weighted by molar-refractivity contribution is 5.95. The van der Waals surface area contributed by atoms with E-state index in [1.807, 2.05) is 0 Å². The van der Waals surface area contributed by atoms with Gasteiger partial charge in [0.15, 0.2) is 0 Å². The number of rotatable bonds is 3. The minimum absolute atomic E-state index is 0.249. The Labute approximate surface area is 93.7 Å². The standard InChI is InChI=1S/C11H15NO4/c1-16-8-6-9(13)12(7-8)11(10(14)15)4-2-3-5-11/h6H,2-5,7H2,1H3,(H,14,15). The fraction of sp³-hybridized carbons (Fsp3) is 0.636. The van der Waals surface area contributed by atoms with Gasteiger partial charge in [0.1, 0.15) is 11.3 Å². The van der Waals surface area contributed by atoms with Gasteiger partial charge in [0.25, 0.3) is 5.91 Å². The normalized spacial score (nSPS) is 23.4. The molecule has 0 bridgehead atoms. The van der Waals surface area contributed by atoms with Crippen molar-refractivity contribution in [3.8, 4) is 0 Å². The molecule has 1 N–H and O–H groups in total. The second-order valence-corrected chi connectivity index (χ2v) is 4.28. The van der Waals surface area contributed by atoms with Gasteiger partial charge in [0.05, 0.1) is 13.7 Å². The molecule has 16 heavy (non-hydrogen) atoms. The lowest BCUT2D eigenvalue weighted by Gasteiger charge is -2.34. The molecular weight excluding hydrogens is 210 g/mol. The van der Waals surface area contributed by atoms with Crippen LogP contribution in [0.15, 0.2) is 11.8 Å². The number of carboxylic acid groups (broad SMARTS) is 1. The molecule has 0 aromatic carbocycles. The summed E-state index contributed by atoms with van der Waals surface area (Å²) in [7, 11) is 1.49. The Morgan fingerprint density at radius 2 is 2.12 bits per heavy atom. The molecule has 5 heteroatoms. The van der Waals surface area contributed by atoms with Crippen LogP contribution in [0.4, 0.5) is 0 Å². The lowest BCUT2D eigenvalue weighted by Crippen LogP contribution is -2.53. The molecule has 0 unspecified atom stereocenters. The summed E-state index contributed by atoms with van der Waals surface area (Å²) in [6, 6.07) is 0. The second kappa shape index (κ2) is 3.81. The van der Waals surface area contributed by atoms with Crippen LogP contribution >= 0.6 is 0 Å². The molecule has 2 aliphatic rings. The van der Waals surface area contributed by atoms with Crippen molar-refractivity contribution in [2.45, 2.75) is 31.2 Å². The van der Waals surface area contributed by atoms with Crippen LogP contribution in [0.3, 0.4) is 0 Å². The van der Waals surface area contributed by atoms with Crippen LogP contribution in [0.1, 0.15) is 25.7 Å². The number of carboxylic acids is 1. The summed E-state index contributed by atoms with van der Waals surface area (Å²) >= 11 is 0. The van der Waals surface area contributed by atoms with E-state index in [0.29, 0.717) is 18.6 Å². The Bertz CT molecular complexity index is 355. The van der Waals surface area contributed by atoms with E-state index in [-0.39, 0.29) is 12.5 Å². The molecule has 1 amide bonds. The van der Waals surface area contributed by atoms with E-state index in [2.05, 4.69) is 0 Å². The number of methoxy groups -OCH3 is 1. The van der Waals surface area contributed by atoms with Gasteiger partial charge in [0.2, 0.25) is 0 Å². The van der Waals surface area contributed by atoms with Crippen LogP contribution in [0.25, 0.3) is 0 Å². The topological polar surface area (TPSA) is 66.8 Å². The van der Waals surface area contributed by atoms with Gasteiger partial charge in [-0.3, -0.25) is 4.79 Å². The number of aliphatic carboxylic acids is 1. The van der Waals surface area contributed by atoms with Gasteiger partial charge in [-0.25, -0.2) is 4.79 Å². The fourth-order valence-corrected chi connectivity index (χ4v) is 2.54. The zero-order valence-electron chi connectivity index (χ0n) is 9.23. The second-order valence-electron chi connectivity index (χ2n) is 4.28. The number of hydrogen-bond donors (Lipinski definition) is 1. The van der Waals surface area contributed by atoms with Crippen molar-refractivity contribution in [1.29, 1.82) is 0 Å². The van der Waals surface area contributed by atoms with E-state index in [4.69, 9.17) is 4.74 Å². The summed E-state index contributed by atoms with van der Waals surface area (Å²) in [5.41, 5.74) is -1.01. The number of amides is 1. The van der Waals surface area contributed by atoms with Crippen LogP contribution in [0.5, 0.6) is 0 Å². The largest absolute Gasteiger partial charge is 0.499 e. The van der Waals surface area contributed by atoms with Gasteiger partial charge in [0, 0.05) is 6.08 Å². The minimum Gasteiger partial charge on any atom is -0.499 e. The van der Waals surface area contributed by atoms with Gasteiger partial charge in [-0.1, -0.05) is 12.8 Å². The maximum absolute atomic E-state index is 11.7. The summed E-state index contributed by atoms with van der Waals surface area (Å²) in [5, 5.41) is 9.34. The lowest BCUT2D eigenvalue weighted by atomic mass is 9.95. The predicted octanol–water partition coefficient (Wildman–Crippen LogP) is 0.756. The summed E-state index contributed by atoms with van der Waals surface area (Å²) in [5.74, 6) is -0.609. The minimum atomic E-state index is -1.01. The zero-order chi connectivity index (χ0) is 11.8. The van der Waals surface area contributed by atoms with Crippen molar-refractivity contribution >= 4 is 11.9 Å². The first kappa shape index (κ1) is 11.0. The Morgan fingerprint density at radius 1 is 1.50 bits per heavy atom. The molecule has 0 aromatic heterocycles. The maximum Gasteiger partial charge on any atom is 0.329 e. The molecule has 1 fully saturated rings. The number of hydrogen-bond acceptors (Lipinski definition) is 3. The molecule has 1 aliphatic carbocycles. The summed E-state index contributed by atoms with van der Waals surface area (Å²) in [6.45, 7) is 0.279. The van der Waals surface area contributed by atoms with Crippen LogP contribution < -0.4 is 0 Å². The number of nitrogens with zero attached hydrogens (tertiary/aromatic N) is 1. The van der Waals surface area contributed by atoms with Gasteiger partial charge in [-0.05, 0) is 12.8 Å². The Morgan fingerprint density at radius 3 is 2.56 bits per heavy atom. The van der Waals surface area contributed by atoms with E-state index >= 15 is 0 Å². The van der Waals surface area contributed by atoms with E-state index in [0.717, 1.165) is 12.8 Å². The Hall–Kier alpha value is -1.52. The van der Waals surface area contributed by atoms with Crippen molar-refractivity contribution in [3.63, 3.8) is 0 Å². The molecule has 5 nitrogen and oxygen atoms in total. The molecule has 0 saturated heterocycles. The maximum atomic E-state index is 11.7. The molecule has 1 heterocycles.